The van der Waals surface area contributed by atoms with Crippen LogP contribution in [0, 0.1) is 0 Å². The van der Waals surface area contributed by atoms with E-state index in [-0.39, 0.29) is 5.84 Å². The van der Waals surface area contributed by atoms with Crippen LogP contribution in [0.1, 0.15) is 18.4 Å². The van der Waals surface area contributed by atoms with Gasteiger partial charge in [-0.25, -0.2) is 0 Å². The van der Waals surface area contributed by atoms with Crippen LogP contribution in [0.15, 0.2) is 23.4 Å². The third-order valence-corrected chi connectivity index (χ3v) is 3.13. The molecule has 5 heteroatoms. The van der Waals surface area contributed by atoms with Crippen LogP contribution in [0.2, 0.25) is 5.02 Å². The summed E-state index contributed by atoms with van der Waals surface area (Å²) in [6.45, 7) is 0. The molecule has 0 heterocycles. The largest absolute Gasteiger partial charge is 0.409 e. The molecule has 1 aliphatic rings. The predicted octanol–water partition coefficient (Wildman–Crippen LogP) is 2.03. The number of amidine groups is 1. The van der Waals surface area contributed by atoms with Crippen molar-refractivity contribution in [1.82, 2.24) is 0 Å². The first-order valence-electron chi connectivity index (χ1n) is 5.13. The van der Waals surface area contributed by atoms with Crippen LogP contribution in [0.3, 0.4) is 0 Å². The van der Waals surface area contributed by atoms with Crippen LogP contribution in [0.4, 0.5) is 5.69 Å². The number of hydrogen-bond donors (Lipinski definition) is 2. The van der Waals surface area contributed by atoms with Crippen molar-refractivity contribution in [2.24, 2.45) is 10.9 Å². The van der Waals surface area contributed by atoms with Gasteiger partial charge in [0.1, 0.15) is 0 Å². The zero-order valence-corrected chi connectivity index (χ0v) is 9.78. The highest BCUT2D eigenvalue weighted by Gasteiger charge is 2.27. The third-order valence-electron chi connectivity index (χ3n) is 2.83. The number of benzene rings is 1. The van der Waals surface area contributed by atoms with Gasteiger partial charge in [0.15, 0.2) is 5.84 Å². The maximum absolute atomic E-state index is 8.57. The lowest BCUT2D eigenvalue weighted by atomic mass is 10.2. The summed E-state index contributed by atoms with van der Waals surface area (Å²) < 4.78 is 0. The highest BCUT2D eigenvalue weighted by Crippen LogP contribution is 2.34. The highest BCUT2D eigenvalue weighted by atomic mass is 35.5. The van der Waals surface area contributed by atoms with E-state index in [1.54, 1.807) is 12.1 Å². The lowest BCUT2D eigenvalue weighted by molar-refractivity contribution is 0.318. The number of nitrogens with zero attached hydrogens (tertiary/aromatic N) is 2. The van der Waals surface area contributed by atoms with Gasteiger partial charge in [-0.3, -0.25) is 0 Å². The molecule has 0 bridgehead atoms. The van der Waals surface area contributed by atoms with Gasteiger partial charge in [-0.2, -0.15) is 0 Å². The Morgan fingerprint density at radius 3 is 2.75 bits per heavy atom. The standard InChI is InChI=1S/C11H14ClN3O/c1-15(8-3-4-8)10-5-2-7(6-9(10)12)11(13)14-16/h2,5-6,8,16H,3-4H2,1H3,(H2,13,14). The van der Waals surface area contributed by atoms with Crippen molar-refractivity contribution in [1.29, 1.82) is 0 Å². The molecule has 0 radical (unpaired) electrons. The van der Waals surface area contributed by atoms with Gasteiger partial charge >= 0.3 is 0 Å². The molecule has 0 atom stereocenters. The topological polar surface area (TPSA) is 61.8 Å². The zero-order valence-electron chi connectivity index (χ0n) is 9.02. The van der Waals surface area contributed by atoms with Gasteiger partial charge in [0.25, 0.3) is 0 Å². The lowest BCUT2D eigenvalue weighted by Crippen LogP contribution is -2.20. The maximum Gasteiger partial charge on any atom is 0.170 e. The molecule has 3 N–H and O–H groups in total. The molecule has 1 aliphatic carbocycles. The van der Waals surface area contributed by atoms with Gasteiger partial charge in [0.2, 0.25) is 0 Å². The van der Waals surface area contributed by atoms with Crippen LogP contribution in [0.25, 0.3) is 0 Å². The molecule has 0 amide bonds. The summed E-state index contributed by atoms with van der Waals surface area (Å²) >= 11 is 6.16. The van der Waals surface area contributed by atoms with E-state index in [9.17, 15) is 0 Å². The minimum absolute atomic E-state index is 0.0718. The average molecular weight is 240 g/mol. The minimum Gasteiger partial charge on any atom is -0.409 e. The summed E-state index contributed by atoms with van der Waals surface area (Å²) in [7, 11) is 2.03. The van der Waals surface area contributed by atoms with E-state index in [4.69, 9.17) is 22.5 Å². The molecule has 0 saturated heterocycles. The molecule has 1 saturated carbocycles. The molecule has 1 fully saturated rings. The molecule has 2 rings (SSSR count). The molecular weight excluding hydrogens is 226 g/mol. The summed E-state index contributed by atoms with van der Waals surface area (Å²) in [5, 5.41) is 12.1. The second-order valence-corrected chi connectivity index (χ2v) is 4.40. The van der Waals surface area contributed by atoms with Crippen molar-refractivity contribution < 1.29 is 5.21 Å². The third kappa shape index (κ3) is 2.07. The van der Waals surface area contributed by atoms with Gasteiger partial charge in [-0.1, -0.05) is 16.8 Å². The van der Waals surface area contributed by atoms with Gasteiger partial charge in [0, 0.05) is 18.7 Å². The second-order valence-electron chi connectivity index (χ2n) is 3.99. The van der Waals surface area contributed by atoms with Gasteiger partial charge in [-0.05, 0) is 31.0 Å². The first kappa shape index (κ1) is 11.1. The van der Waals surface area contributed by atoms with Crippen molar-refractivity contribution >= 4 is 23.1 Å². The quantitative estimate of drug-likeness (QED) is 0.367. The summed E-state index contributed by atoms with van der Waals surface area (Å²) in [6.07, 6.45) is 2.43. The highest BCUT2D eigenvalue weighted by molar-refractivity contribution is 6.33. The smallest absolute Gasteiger partial charge is 0.170 e. The van der Waals surface area contributed by atoms with Crippen LogP contribution in [-0.2, 0) is 0 Å². The van der Waals surface area contributed by atoms with Crippen LogP contribution < -0.4 is 10.6 Å². The fourth-order valence-electron chi connectivity index (χ4n) is 1.67. The normalized spacial score (nSPS) is 16.2. The Morgan fingerprint density at radius 2 is 2.25 bits per heavy atom. The molecule has 0 aliphatic heterocycles. The fraction of sp³-hybridized carbons (Fsp3) is 0.364. The number of hydrogen-bond acceptors (Lipinski definition) is 3. The second kappa shape index (κ2) is 4.22. The van der Waals surface area contributed by atoms with Crippen molar-refractivity contribution in [2.75, 3.05) is 11.9 Å². The maximum atomic E-state index is 8.57. The fourth-order valence-corrected chi connectivity index (χ4v) is 1.98. The lowest BCUT2D eigenvalue weighted by Gasteiger charge is -2.20. The Kier molecular flexibility index (Phi) is 2.92. The summed E-state index contributed by atoms with van der Waals surface area (Å²) in [5.41, 5.74) is 7.10. The summed E-state index contributed by atoms with van der Waals surface area (Å²) in [5.74, 6) is 0.0718. The van der Waals surface area contributed by atoms with E-state index in [0.29, 0.717) is 16.6 Å². The van der Waals surface area contributed by atoms with Crippen molar-refractivity contribution in [3.05, 3.63) is 28.8 Å². The van der Waals surface area contributed by atoms with Crippen LogP contribution in [0.5, 0.6) is 0 Å². The van der Waals surface area contributed by atoms with E-state index < -0.39 is 0 Å². The van der Waals surface area contributed by atoms with Crippen molar-refractivity contribution in [3.63, 3.8) is 0 Å². The van der Waals surface area contributed by atoms with E-state index in [2.05, 4.69) is 10.1 Å². The van der Waals surface area contributed by atoms with Crippen molar-refractivity contribution in [3.8, 4) is 0 Å². The molecule has 0 spiro atoms. The Labute approximate surface area is 99.3 Å². The minimum atomic E-state index is 0.0718. The Morgan fingerprint density at radius 1 is 1.56 bits per heavy atom. The molecule has 16 heavy (non-hydrogen) atoms. The zero-order chi connectivity index (χ0) is 11.7. The van der Waals surface area contributed by atoms with E-state index in [1.807, 2.05) is 13.1 Å². The van der Waals surface area contributed by atoms with E-state index in [0.717, 1.165) is 5.69 Å². The van der Waals surface area contributed by atoms with E-state index in [1.165, 1.54) is 12.8 Å². The van der Waals surface area contributed by atoms with Crippen LogP contribution >= 0.6 is 11.6 Å². The Balaban J connectivity index is 2.28. The SMILES string of the molecule is CN(c1ccc(C(N)=NO)cc1Cl)C1CC1. The van der Waals surface area contributed by atoms with E-state index >= 15 is 0 Å². The molecule has 86 valence electrons. The number of halogens is 1. The summed E-state index contributed by atoms with van der Waals surface area (Å²) in [6, 6.07) is 6.01. The van der Waals surface area contributed by atoms with Gasteiger partial charge in [-0.15, -0.1) is 0 Å². The summed E-state index contributed by atoms with van der Waals surface area (Å²) in [4.78, 5) is 2.17. The number of nitrogens with two attached hydrogens (primary N) is 1. The number of rotatable bonds is 3. The number of anilines is 1. The molecule has 4 nitrogen and oxygen atoms in total. The molecule has 1 aromatic rings. The van der Waals surface area contributed by atoms with Crippen molar-refractivity contribution in [2.45, 2.75) is 18.9 Å². The average Bonchev–Trinajstić information content (AvgIpc) is 3.10. The predicted molar refractivity (Wildman–Crippen MR) is 65.4 cm³/mol. The first-order chi connectivity index (χ1) is 7.63. The van der Waals surface area contributed by atoms with Crippen LogP contribution in [-0.4, -0.2) is 24.1 Å². The van der Waals surface area contributed by atoms with Gasteiger partial charge < -0.3 is 15.8 Å². The molecule has 0 unspecified atom stereocenters. The molecule has 0 aromatic heterocycles. The number of oxime groups is 1. The first-order valence-corrected chi connectivity index (χ1v) is 5.51. The molecule has 1 aromatic carbocycles. The Bertz CT molecular complexity index is 429. The monoisotopic (exact) mass is 239 g/mol. The van der Waals surface area contributed by atoms with Gasteiger partial charge in [0.05, 0.1) is 10.7 Å². The molecular formula is C11H14ClN3O. The Hall–Kier alpha value is -1.42.